The lowest BCUT2D eigenvalue weighted by Gasteiger charge is -2.34. The molecule has 1 aromatic rings. The Bertz CT molecular complexity index is 357. The number of anilines is 1. The Balaban J connectivity index is 1.55. The van der Waals surface area contributed by atoms with Gasteiger partial charge in [-0.15, -0.1) is 0 Å². The smallest absolute Gasteiger partial charge is 0.187 e. The van der Waals surface area contributed by atoms with Crippen molar-refractivity contribution >= 4 is 29.1 Å². The van der Waals surface area contributed by atoms with E-state index in [9.17, 15) is 0 Å². The van der Waals surface area contributed by atoms with Crippen molar-refractivity contribution in [2.75, 3.05) is 37.6 Å². The van der Waals surface area contributed by atoms with Crippen LogP contribution in [-0.4, -0.2) is 46.4 Å². The van der Waals surface area contributed by atoms with Crippen LogP contribution in [0.25, 0.3) is 0 Å². The fraction of sp³-hybridized carbons (Fsp3) is 0.800. The molecule has 6 heteroatoms. The van der Waals surface area contributed by atoms with Gasteiger partial charge in [0.15, 0.2) is 11.0 Å². The molecule has 88 valence electrons. The van der Waals surface area contributed by atoms with E-state index in [1.807, 2.05) is 0 Å². The molecule has 1 saturated heterocycles. The van der Waals surface area contributed by atoms with Crippen molar-refractivity contribution in [3.8, 4) is 0 Å². The van der Waals surface area contributed by atoms with E-state index in [-0.39, 0.29) is 0 Å². The molecule has 16 heavy (non-hydrogen) atoms. The van der Waals surface area contributed by atoms with E-state index in [4.69, 9.17) is 11.6 Å². The van der Waals surface area contributed by atoms with Gasteiger partial charge in [-0.05, 0) is 18.8 Å². The molecule has 0 amide bonds. The molecule has 0 aromatic carbocycles. The number of hydrogen-bond donors (Lipinski definition) is 0. The fourth-order valence-electron chi connectivity index (χ4n) is 2.17. The van der Waals surface area contributed by atoms with E-state index in [1.165, 1.54) is 31.1 Å². The van der Waals surface area contributed by atoms with Crippen LogP contribution >= 0.6 is 23.3 Å². The lowest BCUT2D eigenvalue weighted by Crippen LogP contribution is -2.47. The molecule has 2 aliphatic rings. The lowest BCUT2D eigenvalue weighted by molar-refractivity contribution is 0.248. The molecule has 1 aliphatic carbocycles. The summed E-state index contributed by atoms with van der Waals surface area (Å²) in [7, 11) is 0. The molecule has 1 saturated carbocycles. The third kappa shape index (κ3) is 2.31. The lowest BCUT2D eigenvalue weighted by atomic mass is 10.3. The molecule has 2 heterocycles. The van der Waals surface area contributed by atoms with Gasteiger partial charge in [0, 0.05) is 32.7 Å². The zero-order chi connectivity index (χ0) is 11.0. The van der Waals surface area contributed by atoms with E-state index < -0.39 is 0 Å². The van der Waals surface area contributed by atoms with Crippen LogP contribution < -0.4 is 4.90 Å². The molecule has 0 radical (unpaired) electrons. The average Bonchev–Trinajstić information content (AvgIpc) is 3.00. The SMILES string of the molecule is Clc1nsnc1N1CCN(CC2CC2)CC1. The van der Waals surface area contributed by atoms with Crippen molar-refractivity contribution in [1.82, 2.24) is 13.6 Å². The number of nitrogens with zero attached hydrogens (tertiary/aromatic N) is 4. The largest absolute Gasteiger partial charge is 0.351 e. The van der Waals surface area contributed by atoms with Gasteiger partial charge in [0.1, 0.15) is 0 Å². The monoisotopic (exact) mass is 258 g/mol. The second kappa shape index (κ2) is 4.47. The number of hydrogen-bond acceptors (Lipinski definition) is 5. The Morgan fingerprint density at radius 2 is 1.94 bits per heavy atom. The highest BCUT2D eigenvalue weighted by atomic mass is 35.5. The highest BCUT2D eigenvalue weighted by molar-refractivity contribution is 6.99. The van der Waals surface area contributed by atoms with Crippen LogP contribution in [0.5, 0.6) is 0 Å². The summed E-state index contributed by atoms with van der Waals surface area (Å²) in [4.78, 5) is 4.80. The first-order chi connectivity index (χ1) is 7.83. The third-order valence-corrected chi connectivity index (χ3v) is 4.19. The van der Waals surface area contributed by atoms with Crippen molar-refractivity contribution in [3.05, 3.63) is 5.15 Å². The standard InChI is InChI=1S/C10H15ClN4S/c11-9-10(13-16-12-9)15-5-3-14(4-6-15)7-8-1-2-8/h8H,1-7H2. The van der Waals surface area contributed by atoms with Crippen molar-refractivity contribution in [2.24, 2.45) is 5.92 Å². The van der Waals surface area contributed by atoms with Gasteiger partial charge in [-0.2, -0.15) is 8.75 Å². The van der Waals surface area contributed by atoms with Gasteiger partial charge in [-0.3, -0.25) is 4.90 Å². The molecule has 0 atom stereocenters. The molecule has 3 rings (SSSR count). The average molecular weight is 259 g/mol. The van der Waals surface area contributed by atoms with Crippen LogP contribution in [0, 0.1) is 5.92 Å². The second-order valence-corrected chi connectivity index (χ2v) is 5.50. The van der Waals surface area contributed by atoms with E-state index in [0.29, 0.717) is 5.15 Å². The first kappa shape index (κ1) is 10.7. The van der Waals surface area contributed by atoms with Gasteiger partial charge < -0.3 is 4.90 Å². The molecule has 1 aromatic heterocycles. The maximum atomic E-state index is 5.99. The van der Waals surface area contributed by atoms with Crippen molar-refractivity contribution in [2.45, 2.75) is 12.8 Å². The Kier molecular flexibility index (Phi) is 3.00. The molecule has 0 N–H and O–H groups in total. The number of aromatic nitrogens is 2. The van der Waals surface area contributed by atoms with Crippen molar-refractivity contribution in [3.63, 3.8) is 0 Å². The minimum atomic E-state index is 0.556. The van der Waals surface area contributed by atoms with Crippen LogP contribution in [0.4, 0.5) is 5.82 Å². The van der Waals surface area contributed by atoms with Gasteiger partial charge in [-0.25, -0.2) is 0 Å². The number of rotatable bonds is 3. The minimum Gasteiger partial charge on any atom is -0.351 e. The molecular formula is C10H15ClN4S. The second-order valence-electron chi connectivity index (χ2n) is 4.61. The Hall–Kier alpha value is -0.390. The van der Waals surface area contributed by atoms with Gasteiger partial charge in [-0.1, -0.05) is 11.6 Å². The molecule has 2 fully saturated rings. The summed E-state index contributed by atoms with van der Waals surface area (Å²) in [6.07, 6.45) is 2.87. The maximum Gasteiger partial charge on any atom is 0.187 e. The van der Waals surface area contributed by atoms with Crippen LogP contribution in [-0.2, 0) is 0 Å². The van der Waals surface area contributed by atoms with Crippen LogP contribution in [0.2, 0.25) is 5.15 Å². The van der Waals surface area contributed by atoms with Gasteiger partial charge in [0.2, 0.25) is 0 Å². The van der Waals surface area contributed by atoms with Gasteiger partial charge in [0.25, 0.3) is 0 Å². The molecule has 1 aliphatic heterocycles. The fourth-order valence-corrected chi connectivity index (χ4v) is 2.95. The highest BCUT2D eigenvalue weighted by Crippen LogP contribution is 2.30. The molecular weight excluding hydrogens is 244 g/mol. The summed E-state index contributed by atoms with van der Waals surface area (Å²) in [5, 5.41) is 0.556. The summed E-state index contributed by atoms with van der Waals surface area (Å²) >= 11 is 7.18. The van der Waals surface area contributed by atoms with Gasteiger partial charge in [0.05, 0.1) is 11.7 Å². The van der Waals surface area contributed by atoms with E-state index in [0.717, 1.165) is 37.9 Å². The third-order valence-electron chi connectivity index (χ3n) is 3.32. The Morgan fingerprint density at radius 1 is 1.19 bits per heavy atom. The van der Waals surface area contributed by atoms with Gasteiger partial charge >= 0.3 is 0 Å². The topological polar surface area (TPSA) is 32.3 Å². The normalized spacial score (nSPS) is 22.7. The maximum absolute atomic E-state index is 5.99. The first-order valence-electron chi connectivity index (χ1n) is 5.78. The first-order valence-corrected chi connectivity index (χ1v) is 6.89. The van der Waals surface area contributed by atoms with Crippen molar-refractivity contribution in [1.29, 1.82) is 0 Å². The summed E-state index contributed by atoms with van der Waals surface area (Å²) in [5.41, 5.74) is 0. The van der Waals surface area contributed by atoms with Crippen LogP contribution in [0.3, 0.4) is 0 Å². The quantitative estimate of drug-likeness (QED) is 0.827. The molecule has 0 bridgehead atoms. The zero-order valence-electron chi connectivity index (χ0n) is 9.10. The van der Waals surface area contributed by atoms with E-state index >= 15 is 0 Å². The summed E-state index contributed by atoms with van der Waals surface area (Å²) < 4.78 is 8.25. The van der Waals surface area contributed by atoms with Crippen LogP contribution in [0.1, 0.15) is 12.8 Å². The predicted octanol–water partition coefficient (Wildman–Crippen LogP) is 1.72. The van der Waals surface area contributed by atoms with E-state index in [1.54, 1.807) is 0 Å². The van der Waals surface area contributed by atoms with Crippen molar-refractivity contribution < 1.29 is 0 Å². The molecule has 4 nitrogen and oxygen atoms in total. The highest BCUT2D eigenvalue weighted by Gasteiger charge is 2.27. The van der Waals surface area contributed by atoms with E-state index in [2.05, 4.69) is 18.5 Å². The summed E-state index contributed by atoms with van der Waals surface area (Å²) in [6.45, 7) is 5.60. The minimum absolute atomic E-state index is 0.556. The molecule has 0 spiro atoms. The molecule has 0 unspecified atom stereocenters. The zero-order valence-corrected chi connectivity index (χ0v) is 10.7. The van der Waals surface area contributed by atoms with Crippen LogP contribution in [0.15, 0.2) is 0 Å². The summed E-state index contributed by atoms with van der Waals surface area (Å²) in [5.74, 6) is 1.86. The predicted molar refractivity (Wildman–Crippen MR) is 66.3 cm³/mol. The Labute approximate surface area is 105 Å². The number of halogens is 1. The number of piperazine rings is 1. The Morgan fingerprint density at radius 3 is 2.50 bits per heavy atom. The summed E-state index contributed by atoms with van der Waals surface area (Å²) in [6, 6.07) is 0.